The van der Waals surface area contributed by atoms with Crippen molar-refractivity contribution in [3.63, 3.8) is 0 Å². The van der Waals surface area contributed by atoms with E-state index < -0.39 is 0 Å². The molecule has 0 saturated carbocycles. The summed E-state index contributed by atoms with van der Waals surface area (Å²) in [6.07, 6.45) is 1.50. The van der Waals surface area contributed by atoms with E-state index in [1.165, 1.54) is 12.3 Å². The molecule has 2 aromatic carbocycles. The molecule has 2 aromatic rings. The molecule has 0 radical (unpaired) electrons. The molecule has 0 unspecified atom stereocenters. The molecule has 1 aliphatic rings. The molecule has 1 fully saturated rings. The summed E-state index contributed by atoms with van der Waals surface area (Å²) in [6, 6.07) is 12.6. The van der Waals surface area contributed by atoms with Gasteiger partial charge in [-0.3, -0.25) is 5.01 Å². The maximum absolute atomic E-state index is 13.8. The molecule has 3 rings (SSSR count). The summed E-state index contributed by atoms with van der Waals surface area (Å²) in [5.74, 6) is 0.506. The van der Waals surface area contributed by atoms with Crippen LogP contribution in [0.25, 0.3) is 0 Å². The van der Waals surface area contributed by atoms with Crippen LogP contribution in [0, 0.1) is 5.82 Å². The fraction of sp³-hybridized carbons (Fsp3) is 0.278. The number of anilines is 1. The van der Waals surface area contributed by atoms with E-state index in [4.69, 9.17) is 16.3 Å². The summed E-state index contributed by atoms with van der Waals surface area (Å²) in [6.45, 7) is 3.15. The zero-order valence-corrected chi connectivity index (χ0v) is 14.2. The van der Waals surface area contributed by atoms with Crippen LogP contribution in [0.15, 0.2) is 47.6 Å². The molecule has 1 aliphatic heterocycles. The maximum Gasteiger partial charge on any atom is 0.142 e. The second-order valence-corrected chi connectivity index (χ2v) is 5.90. The van der Waals surface area contributed by atoms with Crippen molar-refractivity contribution in [1.82, 2.24) is 5.01 Å². The lowest BCUT2D eigenvalue weighted by molar-refractivity contribution is 0.271. The van der Waals surface area contributed by atoms with Gasteiger partial charge in [0.05, 0.1) is 37.1 Å². The van der Waals surface area contributed by atoms with E-state index in [1.807, 2.05) is 23.2 Å². The third kappa shape index (κ3) is 3.62. The minimum Gasteiger partial charge on any atom is -0.495 e. The lowest BCUT2D eigenvalue weighted by Crippen LogP contribution is -2.44. The van der Waals surface area contributed by atoms with Crippen molar-refractivity contribution in [3.05, 3.63) is 58.9 Å². The van der Waals surface area contributed by atoms with Crippen LogP contribution in [0.3, 0.4) is 0 Å². The Balaban J connectivity index is 1.64. The first-order chi connectivity index (χ1) is 11.7. The molecule has 1 saturated heterocycles. The number of ether oxygens (including phenoxy) is 1. The smallest absolute Gasteiger partial charge is 0.142 e. The minimum atomic E-state index is -0.362. The first kappa shape index (κ1) is 16.6. The van der Waals surface area contributed by atoms with Gasteiger partial charge >= 0.3 is 0 Å². The average molecular weight is 348 g/mol. The van der Waals surface area contributed by atoms with Crippen LogP contribution in [-0.4, -0.2) is 44.5 Å². The third-order valence-corrected chi connectivity index (χ3v) is 4.36. The summed E-state index contributed by atoms with van der Waals surface area (Å²) < 4.78 is 19.2. The molecule has 0 N–H and O–H groups in total. The summed E-state index contributed by atoms with van der Waals surface area (Å²) in [5, 5.41) is 6.66. The Labute approximate surface area is 146 Å². The van der Waals surface area contributed by atoms with Crippen molar-refractivity contribution in [3.8, 4) is 5.75 Å². The molecule has 0 amide bonds. The van der Waals surface area contributed by atoms with Gasteiger partial charge in [-0.15, -0.1) is 0 Å². The van der Waals surface area contributed by atoms with Crippen LogP contribution >= 0.6 is 11.6 Å². The van der Waals surface area contributed by atoms with Crippen LogP contribution in [0.1, 0.15) is 5.56 Å². The first-order valence-corrected chi connectivity index (χ1v) is 8.18. The van der Waals surface area contributed by atoms with Gasteiger partial charge in [-0.1, -0.05) is 29.8 Å². The highest BCUT2D eigenvalue weighted by molar-refractivity contribution is 6.33. The predicted molar refractivity (Wildman–Crippen MR) is 95.8 cm³/mol. The van der Waals surface area contributed by atoms with E-state index in [0.29, 0.717) is 10.6 Å². The Morgan fingerprint density at radius 1 is 1.08 bits per heavy atom. The minimum absolute atomic E-state index is 0.325. The molecule has 6 heteroatoms. The van der Waals surface area contributed by atoms with E-state index >= 15 is 0 Å². The van der Waals surface area contributed by atoms with Crippen molar-refractivity contribution in [2.24, 2.45) is 5.10 Å². The fourth-order valence-corrected chi connectivity index (χ4v) is 2.93. The van der Waals surface area contributed by atoms with Crippen molar-refractivity contribution in [2.45, 2.75) is 0 Å². The van der Waals surface area contributed by atoms with Gasteiger partial charge in [-0.25, -0.2) is 4.39 Å². The second kappa shape index (κ2) is 7.53. The van der Waals surface area contributed by atoms with Gasteiger partial charge < -0.3 is 9.64 Å². The summed E-state index contributed by atoms with van der Waals surface area (Å²) in [7, 11) is 1.68. The first-order valence-electron chi connectivity index (χ1n) is 7.80. The van der Waals surface area contributed by atoms with E-state index in [1.54, 1.807) is 19.2 Å². The highest BCUT2D eigenvalue weighted by atomic mass is 35.5. The maximum atomic E-state index is 13.8. The lowest BCUT2D eigenvalue weighted by Gasteiger charge is -2.35. The summed E-state index contributed by atoms with van der Waals surface area (Å²) in [4.78, 5) is 2.26. The number of hydrazone groups is 1. The normalized spacial score (nSPS) is 15.1. The topological polar surface area (TPSA) is 28.1 Å². The van der Waals surface area contributed by atoms with E-state index in [0.717, 1.165) is 37.6 Å². The van der Waals surface area contributed by atoms with Crippen molar-refractivity contribution < 1.29 is 9.13 Å². The molecule has 0 atom stereocenters. The van der Waals surface area contributed by atoms with Gasteiger partial charge in [0, 0.05) is 18.7 Å². The van der Waals surface area contributed by atoms with Crippen LogP contribution < -0.4 is 9.64 Å². The van der Waals surface area contributed by atoms with Crippen LogP contribution in [0.4, 0.5) is 10.1 Å². The van der Waals surface area contributed by atoms with Gasteiger partial charge in [0.25, 0.3) is 0 Å². The molecule has 4 nitrogen and oxygen atoms in total. The van der Waals surface area contributed by atoms with Gasteiger partial charge in [-0.05, 0) is 24.3 Å². The summed E-state index contributed by atoms with van der Waals surface area (Å²) >= 11 is 6.01. The van der Waals surface area contributed by atoms with E-state index in [2.05, 4.69) is 16.1 Å². The van der Waals surface area contributed by atoms with Crippen LogP contribution in [0.2, 0.25) is 5.02 Å². The molecule has 0 aliphatic carbocycles. The zero-order valence-electron chi connectivity index (χ0n) is 13.5. The number of halogens is 2. The fourth-order valence-electron chi connectivity index (χ4n) is 2.72. The highest BCUT2D eigenvalue weighted by Crippen LogP contribution is 2.28. The number of hydrogen-bond donors (Lipinski definition) is 0. The van der Waals surface area contributed by atoms with Crippen molar-refractivity contribution in [2.75, 3.05) is 38.2 Å². The SMILES string of the molecule is COc1ccccc1N1CCN(N=Cc2c(F)cccc2Cl)CC1. The third-order valence-electron chi connectivity index (χ3n) is 4.03. The molecule has 24 heavy (non-hydrogen) atoms. The molecular weight excluding hydrogens is 329 g/mol. The monoisotopic (exact) mass is 347 g/mol. The Hall–Kier alpha value is -2.27. The number of hydrogen-bond acceptors (Lipinski definition) is 4. The Morgan fingerprint density at radius 2 is 1.83 bits per heavy atom. The Bertz CT molecular complexity index is 710. The van der Waals surface area contributed by atoms with E-state index in [-0.39, 0.29) is 5.82 Å². The van der Waals surface area contributed by atoms with Crippen molar-refractivity contribution in [1.29, 1.82) is 0 Å². The van der Waals surface area contributed by atoms with Crippen LogP contribution in [-0.2, 0) is 0 Å². The van der Waals surface area contributed by atoms with Crippen molar-refractivity contribution >= 4 is 23.5 Å². The number of methoxy groups -OCH3 is 1. The molecular formula is C18H19ClFN3O. The second-order valence-electron chi connectivity index (χ2n) is 5.49. The van der Waals surface area contributed by atoms with E-state index in [9.17, 15) is 4.39 Å². The molecule has 0 spiro atoms. The van der Waals surface area contributed by atoms with Gasteiger partial charge in [0.1, 0.15) is 11.6 Å². The standard InChI is InChI=1S/C18H19ClFN3O/c1-24-18-8-3-2-7-17(18)22-9-11-23(12-10-22)21-13-14-15(19)5-4-6-16(14)20/h2-8,13H,9-12H2,1H3. The quantitative estimate of drug-likeness (QED) is 0.790. The predicted octanol–water partition coefficient (Wildman–Crippen LogP) is 3.64. The van der Waals surface area contributed by atoms with Gasteiger partial charge in [0.2, 0.25) is 0 Å². The number of piperazine rings is 1. The number of para-hydroxylation sites is 2. The Morgan fingerprint density at radius 3 is 2.54 bits per heavy atom. The van der Waals surface area contributed by atoms with Crippen LogP contribution in [0.5, 0.6) is 5.75 Å². The highest BCUT2D eigenvalue weighted by Gasteiger charge is 2.18. The number of rotatable bonds is 4. The molecule has 0 aromatic heterocycles. The largest absolute Gasteiger partial charge is 0.495 e. The molecule has 0 bridgehead atoms. The number of benzene rings is 2. The zero-order chi connectivity index (χ0) is 16.9. The summed E-state index contributed by atoms with van der Waals surface area (Å²) in [5.41, 5.74) is 1.41. The Kier molecular flexibility index (Phi) is 5.20. The lowest BCUT2D eigenvalue weighted by atomic mass is 10.2. The number of nitrogens with zero attached hydrogens (tertiary/aromatic N) is 3. The van der Waals surface area contributed by atoms with Gasteiger partial charge in [0.15, 0.2) is 0 Å². The van der Waals surface area contributed by atoms with Gasteiger partial charge in [-0.2, -0.15) is 5.10 Å². The molecule has 126 valence electrons. The average Bonchev–Trinajstić information content (AvgIpc) is 2.62. The molecule has 1 heterocycles.